The van der Waals surface area contributed by atoms with Crippen molar-refractivity contribution < 1.29 is 4.79 Å². The quantitative estimate of drug-likeness (QED) is 0.878. The summed E-state index contributed by atoms with van der Waals surface area (Å²) >= 11 is 0. The second-order valence-electron chi connectivity index (χ2n) is 5.60. The summed E-state index contributed by atoms with van der Waals surface area (Å²) in [4.78, 5) is 12.6. The normalized spacial score (nSPS) is 12.0. The number of carbonyl (C=O) groups excluding carboxylic acids is 1. The molecule has 0 aromatic heterocycles. The minimum atomic E-state index is 0.00584. The molecule has 2 heteroatoms. The van der Waals surface area contributed by atoms with Crippen LogP contribution in [0.25, 0.3) is 0 Å². The van der Waals surface area contributed by atoms with E-state index in [9.17, 15) is 4.79 Å². The third-order valence-corrected chi connectivity index (χ3v) is 4.00. The maximum absolute atomic E-state index is 12.6. The van der Waals surface area contributed by atoms with Gasteiger partial charge in [-0.2, -0.15) is 0 Å². The lowest BCUT2D eigenvalue weighted by Gasteiger charge is -2.19. The van der Waals surface area contributed by atoms with Crippen LogP contribution >= 0.6 is 0 Å². The highest BCUT2D eigenvalue weighted by molar-refractivity contribution is 5.96. The molecular weight excluding hydrogens is 258 g/mol. The molecule has 0 saturated carbocycles. The Morgan fingerprint density at radius 2 is 1.62 bits per heavy atom. The fourth-order valence-electron chi connectivity index (χ4n) is 2.55. The van der Waals surface area contributed by atoms with E-state index in [-0.39, 0.29) is 11.9 Å². The van der Waals surface area contributed by atoms with Crippen LogP contribution in [-0.2, 0) is 0 Å². The highest BCUT2D eigenvalue weighted by Gasteiger charge is 2.16. The second-order valence-corrected chi connectivity index (χ2v) is 5.60. The number of nitrogens with one attached hydrogen (secondary N) is 1. The van der Waals surface area contributed by atoms with Gasteiger partial charge in [0.15, 0.2) is 0 Å². The van der Waals surface area contributed by atoms with Crippen molar-refractivity contribution in [2.45, 2.75) is 40.2 Å². The van der Waals surface area contributed by atoms with Crippen LogP contribution in [0.5, 0.6) is 0 Å². The van der Waals surface area contributed by atoms with Crippen molar-refractivity contribution in [3.63, 3.8) is 0 Å². The molecule has 2 aromatic carbocycles. The summed E-state index contributed by atoms with van der Waals surface area (Å²) in [6, 6.07) is 14.2. The number of benzene rings is 2. The molecule has 0 spiro atoms. The van der Waals surface area contributed by atoms with E-state index in [2.05, 4.69) is 37.4 Å². The average Bonchev–Trinajstić information content (AvgIpc) is 2.49. The van der Waals surface area contributed by atoms with E-state index in [1.54, 1.807) is 0 Å². The predicted octanol–water partition coefficient (Wildman–Crippen LogP) is 4.49. The Kier molecular flexibility index (Phi) is 4.79. The molecule has 2 nitrogen and oxygen atoms in total. The van der Waals surface area contributed by atoms with Gasteiger partial charge < -0.3 is 5.32 Å². The third-order valence-electron chi connectivity index (χ3n) is 4.00. The Labute approximate surface area is 127 Å². The summed E-state index contributed by atoms with van der Waals surface area (Å²) in [5.41, 5.74) is 5.32. The Morgan fingerprint density at radius 3 is 2.24 bits per heavy atom. The molecule has 0 aliphatic carbocycles. The van der Waals surface area contributed by atoms with Gasteiger partial charge in [0.2, 0.25) is 0 Å². The fraction of sp³-hybridized carbons (Fsp3) is 0.316. The van der Waals surface area contributed by atoms with Crippen LogP contribution in [-0.4, -0.2) is 5.91 Å². The predicted molar refractivity (Wildman–Crippen MR) is 87.6 cm³/mol. The number of hydrogen-bond acceptors (Lipinski definition) is 1. The van der Waals surface area contributed by atoms with E-state index in [4.69, 9.17) is 0 Å². The van der Waals surface area contributed by atoms with Gasteiger partial charge >= 0.3 is 0 Å². The number of hydrogen-bond donors (Lipinski definition) is 1. The summed E-state index contributed by atoms with van der Waals surface area (Å²) in [7, 11) is 0. The molecule has 0 aliphatic rings. The number of rotatable bonds is 4. The first-order chi connectivity index (χ1) is 10.0. The summed E-state index contributed by atoms with van der Waals surface area (Å²) in [5, 5.41) is 3.15. The highest BCUT2D eigenvalue weighted by atomic mass is 16.1. The third kappa shape index (κ3) is 3.52. The zero-order valence-electron chi connectivity index (χ0n) is 13.2. The van der Waals surface area contributed by atoms with Crippen LogP contribution in [0.4, 0.5) is 0 Å². The topological polar surface area (TPSA) is 29.1 Å². The molecule has 1 atom stereocenters. The Bertz CT molecular complexity index is 632. The van der Waals surface area contributed by atoms with Crippen molar-refractivity contribution >= 4 is 5.91 Å². The first-order valence-electron chi connectivity index (χ1n) is 7.46. The first-order valence-corrected chi connectivity index (χ1v) is 7.46. The van der Waals surface area contributed by atoms with E-state index >= 15 is 0 Å². The van der Waals surface area contributed by atoms with Gasteiger partial charge in [-0.15, -0.1) is 0 Å². The molecule has 0 unspecified atom stereocenters. The molecule has 21 heavy (non-hydrogen) atoms. The SMILES string of the molecule is CC[C@@H](NC(=O)c1cc(C)c(C)cc1C)c1ccccc1. The average molecular weight is 281 g/mol. The van der Waals surface area contributed by atoms with Crippen LogP contribution in [0.2, 0.25) is 0 Å². The molecule has 1 N–H and O–H groups in total. The van der Waals surface area contributed by atoms with Crippen molar-refractivity contribution in [3.8, 4) is 0 Å². The van der Waals surface area contributed by atoms with E-state index in [0.717, 1.165) is 28.7 Å². The zero-order valence-corrected chi connectivity index (χ0v) is 13.2. The molecule has 2 rings (SSSR count). The van der Waals surface area contributed by atoms with Gasteiger partial charge in [-0.25, -0.2) is 0 Å². The molecular formula is C19H23NO. The van der Waals surface area contributed by atoms with Gasteiger partial charge in [0.1, 0.15) is 0 Å². The van der Waals surface area contributed by atoms with Gasteiger partial charge in [0.05, 0.1) is 6.04 Å². The molecule has 1 amide bonds. The summed E-state index contributed by atoms with van der Waals surface area (Å²) in [5.74, 6) is 0.00584. The Balaban J connectivity index is 2.23. The van der Waals surface area contributed by atoms with Crippen molar-refractivity contribution in [2.75, 3.05) is 0 Å². The summed E-state index contributed by atoms with van der Waals surface area (Å²) in [6.07, 6.45) is 0.875. The molecule has 2 aromatic rings. The monoisotopic (exact) mass is 281 g/mol. The largest absolute Gasteiger partial charge is 0.345 e. The van der Waals surface area contributed by atoms with Crippen molar-refractivity contribution in [1.82, 2.24) is 5.32 Å². The van der Waals surface area contributed by atoms with Crippen LogP contribution in [0.3, 0.4) is 0 Å². The standard InChI is InChI=1S/C19H23NO/c1-5-18(16-9-7-6-8-10-16)20-19(21)17-12-14(3)13(2)11-15(17)4/h6-12,18H,5H2,1-4H3,(H,20,21)/t18-/m1/s1. The van der Waals surface area contributed by atoms with Crippen LogP contribution in [0.15, 0.2) is 42.5 Å². The summed E-state index contributed by atoms with van der Waals surface area (Å²) in [6.45, 7) is 8.19. The van der Waals surface area contributed by atoms with Gasteiger partial charge in [0.25, 0.3) is 5.91 Å². The van der Waals surface area contributed by atoms with Gasteiger partial charge in [-0.1, -0.05) is 43.3 Å². The lowest BCUT2D eigenvalue weighted by Crippen LogP contribution is -2.28. The van der Waals surface area contributed by atoms with Crippen LogP contribution in [0, 0.1) is 20.8 Å². The van der Waals surface area contributed by atoms with Crippen LogP contribution < -0.4 is 5.32 Å². The fourth-order valence-corrected chi connectivity index (χ4v) is 2.55. The van der Waals surface area contributed by atoms with E-state index in [1.807, 2.05) is 38.1 Å². The van der Waals surface area contributed by atoms with Crippen molar-refractivity contribution in [2.24, 2.45) is 0 Å². The molecule has 0 aliphatic heterocycles. The minimum absolute atomic E-state index is 0.00584. The number of aryl methyl sites for hydroxylation is 3. The van der Waals surface area contributed by atoms with Gasteiger partial charge in [-0.3, -0.25) is 4.79 Å². The molecule has 0 radical (unpaired) electrons. The van der Waals surface area contributed by atoms with Crippen LogP contribution in [0.1, 0.15) is 52.0 Å². The van der Waals surface area contributed by atoms with Gasteiger partial charge in [-0.05, 0) is 55.5 Å². The maximum atomic E-state index is 12.6. The minimum Gasteiger partial charge on any atom is -0.345 e. The zero-order chi connectivity index (χ0) is 15.4. The smallest absolute Gasteiger partial charge is 0.252 e. The van der Waals surface area contributed by atoms with E-state index in [1.165, 1.54) is 5.56 Å². The van der Waals surface area contributed by atoms with E-state index < -0.39 is 0 Å². The molecule has 0 saturated heterocycles. The Hall–Kier alpha value is -2.09. The molecule has 0 bridgehead atoms. The molecule has 0 heterocycles. The first kappa shape index (κ1) is 15.3. The number of amides is 1. The Morgan fingerprint density at radius 1 is 1.00 bits per heavy atom. The number of carbonyl (C=O) groups is 1. The lowest BCUT2D eigenvalue weighted by molar-refractivity contribution is 0.0935. The maximum Gasteiger partial charge on any atom is 0.252 e. The molecule has 0 fully saturated rings. The highest BCUT2D eigenvalue weighted by Crippen LogP contribution is 2.19. The second kappa shape index (κ2) is 6.57. The summed E-state index contributed by atoms with van der Waals surface area (Å²) < 4.78 is 0. The van der Waals surface area contributed by atoms with Gasteiger partial charge in [0, 0.05) is 5.56 Å². The van der Waals surface area contributed by atoms with Crippen molar-refractivity contribution in [3.05, 3.63) is 70.3 Å². The molecule has 110 valence electrons. The lowest BCUT2D eigenvalue weighted by atomic mass is 9.99. The van der Waals surface area contributed by atoms with Crippen molar-refractivity contribution in [1.29, 1.82) is 0 Å². The van der Waals surface area contributed by atoms with E-state index in [0.29, 0.717) is 0 Å².